The predicted molar refractivity (Wildman–Crippen MR) is 113 cm³/mol. The topological polar surface area (TPSA) is 82.9 Å². The molecule has 0 atom stereocenters. The van der Waals surface area contributed by atoms with Gasteiger partial charge >= 0.3 is 11.8 Å². The van der Waals surface area contributed by atoms with Crippen LogP contribution in [0.5, 0.6) is 0 Å². The molecular formula is C22H22N4O2. The normalized spacial score (nSPS) is 12.4. The average molecular weight is 374 g/mol. The molecule has 2 rings (SSSR count). The molecule has 0 aliphatic rings. The monoisotopic (exact) mass is 374 g/mol. The summed E-state index contributed by atoms with van der Waals surface area (Å²) in [6.07, 6.45) is 6.74. The van der Waals surface area contributed by atoms with Crippen molar-refractivity contribution in [2.45, 2.75) is 13.8 Å². The Hall–Kier alpha value is -3.80. The molecule has 0 saturated heterocycles. The van der Waals surface area contributed by atoms with Crippen LogP contribution in [-0.4, -0.2) is 24.2 Å². The van der Waals surface area contributed by atoms with Crippen molar-refractivity contribution in [3.05, 3.63) is 82.9 Å². The van der Waals surface area contributed by atoms with Crippen LogP contribution < -0.4 is 10.9 Å². The second-order valence-electron chi connectivity index (χ2n) is 6.00. The highest BCUT2D eigenvalue weighted by Crippen LogP contribution is 2.05. The maximum Gasteiger partial charge on any atom is 0.331 e. The fourth-order valence-electron chi connectivity index (χ4n) is 2.19. The molecule has 6 nitrogen and oxygen atoms in total. The number of amides is 2. The highest BCUT2D eigenvalue weighted by Gasteiger charge is 2.10. The lowest BCUT2D eigenvalue weighted by Gasteiger charge is -1.99. The van der Waals surface area contributed by atoms with Gasteiger partial charge in [0, 0.05) is 0 Å². The van der Waals surface area contributed by atoms with Gasteiger partial charge in [0.1, 0.15) is 0 Å². The molecule has 0 aromatic heterocycles. The molecule has 2 amide bonds. The molecule has 2 aromatic rings. The summed E-state index contributed by atoms with van der Waals surface area (Å²) < 4.78 is 0. The molecule has 0 fully saturated rings. The molecular weight excluding hydrogens is 352 g/mol. The van der Waals surface area contributed by atoms with E-state index in [2.05, 4.69) is 21.1 Å². The van der Waals surface area contributed by atoms with Gasteiger partial charge in [0.15, 0.2) is 0 Å². The summed E-state index contributed by atoms with van der Waals surface area (Å²) in [5.74, 6) is -1.80. The van der Waals surface area contributed by atoms with E-state index in [4.69, 9.17) is 0 Å². The van der Waals surface area contributed by atoms with E-state index in [9.17, 15) is 9.59 Å². The standard InChI is InChI=1S/C22H22N4O2/c1-17(13-19-9-5-3-6-10-19)15-23-25-21(27)22(28)26-24-16-18(2)14-20-11-7-4-8-12-20/h3-16H,1-2H3,(H,25,27)(H,26,28)/b17-13-,18-14+,23-15+,24-16-. The molecule has 2 aromatic carbocycles. The zero-order valence-electron chi connectivity index (χ0n) is 15.8. The minimum atomic E-state index is -0.898. The third-order valence-electron chi connectivity index (χ3n) is 3.46. The van der Waals surface area contributed by atoms with E-state index in [1.165, 1.54) is 12.4 Å². The van der Waals surface area contributed by atoms with Crippen LogP contribution in [0.1, 0.15) is 25.0 Å². The van der Waals surface area contributed by atoms with Crippen LogP contribution in [0.3, 0.4) is 0 Å². The lowest BCUT2D eigenvalue weighted by Crippen LogP contribution is -2.35. The van der Waals surface area contributed by atoms with Crippen LogP contribution in [0.4, 0.5) is 0 Å². The van der Waals surface area contributed by atoms with E-state index >= 15 is 0 Å². The van der Waals surface area contributed by atoms with E-state index in [0.29, 0.717) is 0 Å². The summed E-state index contributed by atoms with van der Waals surface area (Å²) in [5.41, 5.74) is 8.02. The fraction of sp³-hybridized carbons (Fsp3) is 0.0909. The number of hydrogen-bond acceptors (Lipinski definition) is 4. The van der Waals surface area contributed by atoms with E-state index < -0.39 is 11.8 Å². The van der Waals surface area contributed by atoms with Gasteiger partial charge in [-0.05, 0) is 36.1 Å². The van der Waals surface area contributed by atoms with Crippen LogP contribution in [0.25, 0.3) is 12.2 Å². The first-order valence-corrected chi connectivity index (χ1v) is 8.68. The predicted octanol–water partition coefficient (Wildman–Crippen LogP) is 3.40. The van der Waals surface area contributed by atoms with Crippen LogP contribution in [0, 0.1) is 0 Å². The average Bonchev–Trinajstić information content (AvgIpc) is 2.69. The zero-order valence-corrected chi connectivity index (χ0v) is 15.8. The minimum Gasteiger partial charge on any atom is -0.262 e. The summed E-state index contributed by atoms with van der Waals surface area (Å²) in [7, 11) is 0. The zero-order chi connectivity index (χ0) is 20.2. The Morgan fingerprint density at radius 1 is 0.679 bits per heavy atom. The van der Waals surface area contributed by atoms with Crippen molar-refractivity contribution in [1.29, 1.82) is 0 Å². The third kappa shape index (κ3) is 7.61. The Morgan fingerprint density at radius 3 is 1.39 bits per heavy atom. The molecule has 0 aliphatic heterocycles. The van der Waals surface area contributed by atoms with Crippen LogP contribution in [0.15, 0.2) is 82.0 Å². The summed E-state index contributed by atoms with van der Waals surface area (Å²) in [6.45, 7) is 3.68. The van der Waals surface area contributed by atoms with Crippen molar-refractivity contribution in [3.8, 4) is 0 Å². The molecule has 6 heteroatoms. The molecule has 28 heavy (non-hydrogen) atoms. The second kappa shape index (κ2) is 11.0. The Labute approximate surface area is 164 Å². The molecule has 142 valence electrons. The van der Waals surface area contributed by atoms with Gasteiger partial charge in [-0.3, -0.25) is 9.59 Å². The molecule has 0 radical (unpaired) electrons. The van der Waals surface area contributed by atoms with Gasteiger partial charge < -0.3 is 0 Å². The third-order valence-corrected chi connectivity index (χ3v) is 3.46. The maximum atomic E-state index is 11.7. The largest absolute Gasteiger partial charge is 0.331 e. The maximum absolute atomic E-state index is 11.7. The minimum absolute atomic E-state index is 0.826. The first kappa shape index (κ1) is 20.5. The van der Waals surface area contributed by atoms with Gasteiger partial charge in [-0.25, -0.2) is 10.9 Å². The number of nitrogens with zero attached hydrogens (tertiary/aromatic N) is 2. The number of nitrogens with one attached hydrogen (secondary N) is 2. The van der Waals surface area contributed by atoms with E-state index in [0.717, 1.165) is 22.3 Å². The number of carbonyl (C=O) groups is 2. The van der Waals surface area contributed by atoms with Crippen LogP contribution in [-0.2, 0) is 9.59 Å². The lowest BCUT2D eigenvalue weighted by molar-refractivity contribution is -0.139. The molecule has 0 saturated carbocycles. The first-order chi connectivity index (χ1) is 13.5. The molecule has 0 unspecified atom stereocenters. The van der Waals surface area contributed by atoms with E-state index in [-0.39, 0.29) is 0 Å². The Morgan fingerprint density at radius 2 is 1.04 bits per heavy atom. The van der Waals surface area contributed by atoms with Gasteiger partial charge in [0.2, 0.25) is 0 Å². The lowest BCUT2D eigenvalue weighted by atomic mass is 10.1. The smallest absolute Gasteiger partial charge is 0.262 e. The number of hydrazone groups is 2. The van der Waals surface area contributed by atoms with Crippen LogP contribution in [0.2, 0.25) is 0 Å². The molecule has 0 bridgehead atoms. The number of hydrogen-bond donors (Lipinski definition) is 2. The summed E-state index contributed by atoms with van der Waals surface area (Å²) in [6, 6.07) is 19.4. The Balaban J connectivity index is 1.80. The first-order valence-electron chi connectivity index (χ1n) is 8.68. The highest BCUT2D eigenvalue weighted by atomic mass is 16.2. The van der Waals surface area contributed by atoms with E-state index in [1.54, 1.807) is 0 Å². The van der Waals surface area contributed by atoms with Crippen LogP contribution >= 0.6 is 0 Å². The highest BCUT2D eigenvalue weighted by molar-refractivity contribution is 6.35. The van der Waals surface area contributed by atoms with Crippen molar-refractivity contribution in [2.24, 2.45) is 10.2 Å². The van der Waals surface area contributed by atoms with Gasteiger partial charge in [0.05, 0.1) is 12.4 Å². The Bertz CT molecular complexity index is 837. The van der Waals surface area contributed by atoms with Gasteiger partial charge in [0.25, 0.3) is 0 Å². The molecule has 0 heterocycles. The van der Waals surface area contributed by atoms with Gasteiger partial charge in [-0.15, -0.1) is 0 Å². The summed E-state index contributed by atoms with van der Waals surface area (Å²) in [5, 5.41) is 7.54. The number of benzene rings is 2. The molecule has 2 N–H and O–H groups in total. The van der Waals surface area contributed by atoms with E-state index in [1.807, 2.05) is 86.7 Å². The second-order valence-corrected chi connectivity index (χ2v) is 6.00. The number of carbonyl (C=O) groups excluding carboxylic acids is 2. The van der Waals surface area contributed by atoms with Crippen molar-refractivity contribution in [3.63, 3.8) is 0 Å². The fourth-order valence-corrected chi connectivity index (χ4v) is 2.19. The molecule has 0 spiro atoms. The van der Waals surface area contributed by atoms with Crippen molar-refractivity contribution >= 4 is 36.4 Å². The SMILES string of the molecule is CC(=C/c1ccccc1)/C=N/NC(=O)C(=O)N/N=C\C(C)=C\c1ccccc1. The van der Waals surface area contributed by atoms with Crippen molar-refractivity contribution in [1.82, 2.24) is 10.9 Å². The quantitative estimate of drug-likeness (QED) is 0.461. The Kier molecular flexibility index (Phi) is 8.08. The van der Waals surface area contributed by atoms with Gasteiger partial charge in [-0.1, -0.05) is 72.8 Å². The van der Waals surface area contributed by atoms with Crippen molar-refractivity contribution in [2.75, 3.05) is 0 Å². The van der Waals surface area contributed by atoms with Gasteiger partial charge in [-0.2, -0.15) is 10.2 Å². The van der Waals surface area contributed by atoms with Crippen molar-refractivity contribution < 1.29 is 9.59 Å². The number of rotatable bonds is 6. The summed E-state index contributed by atoms with van der Waals surface area (Å²) in [4.78, 5) is 23.4. The summed E-state index contributed by atoms with van der Waals surface area (Å²) >= 11 is 0. The number of allylic oxidation sites excluding steroid dienone is 2. The molecule has 0 aliphatic carbocycles.